The molecule has 1 atom stereocenters. The molecule has 0 unspecified atom stereocenters. The van der Waals surface area contributed by atoms with Gasteiger partial charge in [0, 0.05) is 5.69 Å². The first-order valence-electron chi connectivity index (χ1n) is 6.72. The van der Waals surface area contributed by atoms with E-state index >= 15 is 0 Å². The van der Waals surface area contributed by atoms with Crippen LogP contribution in [0.15, 0.2) is 54.6 Å². The molecule has 0 aliphatic rings. The van der Waals surface area contributed by atoms with Crippen molar-refractivity contribution in [3.8, 4) is 5.75 Å². The van der Waals surface area contributed by atoms with E-state index in [1.165, 1.54) is 12.1 Å². The number of hydrogen-bond acceptors (Lipinski definition) is 2. The minimum absolute atomic E-state index is 0.0598. The first kappa shape index (κ1) is 15.8. The lowest BCUT2D eigenvalue weighted by Crippen LogP contribution is -2.31. The SMILES string of the molecule is C[C@@H](NC(=O)Nc1ccccc1)c1cccc(OC(F)F)c1. The van der Waals surface area contributed by atoms with E-state index in [1.807, 2.05) is 18.2 Å². The second kappa shape index (κ2) is 7.40. The van der Waals surface area contributed by atoms with Crippen molar-refractivity contribution >= 4 is 11.7 Å². The summed E-state index contributed by atoms with van der Waals surface area (Å²) < 4.78 is 28.8. The Morgan fingerprint density at radius 3 is 2.50 bits per heavy atom. The summed E-state index contributed by atoms with van der Waals surface area (Å²) >= 11 is 0. The fourth-order valence-electron chi connectivity index (χ4n) is 1.93. The van der Waals surface area contributed by atoms with E-state index in [-0.39, 0.29) is 17.8 Å². The minimum Gasteiger partial charge on any atom is -0.435 e. The molecule has 4 nitrogen and oxygen atoms in total. The summed E-state index contributed by atoms with van der Waals surface area (Å²) in [6.45, 7) is -1.12. The third-order valence-corrected chi connectivity index (χ3v) is 2.96. The van der Waals surface area contributed by atoms with E-state index in [9.17, 15) is 13.6 Å². The zero-order valence-corrected chi connectivity index (χ0v) is 11.9. The fraction of sp³-hybridized carbons (Fsp3) is 0.188. The Bertz CT molecular complexity index is 621. The van der Waals surface area contributed by atoms with Crippen LogP contribution in [0.2, 0.25) is 0 Å². The molecule has 0 radical (unpaired) electrons. The van der Waals surface area contributed by atoms with Crippen LogP contribution < -0.4 is 15.4 Å². The molecule has 0 saturated heterocycles. The second-order valence-corrected chi connectivity index (χ2v) is 4.64. The molecule has 0 spiro atoms. The Morgan fingerprint density at radius 2 is 1.82 bits per heavy atom. The van der Waals surface area contributed by atoms with Gasteiger partial charge in [-0.3, -0.25) is 0 Å². The molecule has 0 bridgehead atoms. The predicted octanol–water partition coefficient (Wildman–Crippen LogP) is 4.17. The Labute approximate surface area is 127 Å². The van der Waals surface area contributed by atoms with E-state index in [1.54, 1.807) is 31.2 Å². The highest BCUT2D eigenvalue weighted by atomic mass is 19.3. The van der Waals surface area contributed by atoms with Crippen LogP contribution in [0, 0.1) is 0 Å². The van der Waals surface area contributed by atoms with E-state index in [2.05, 4.69) is 15.4 Å². The molecule has 0 aromatic heterocycles. The zero-order chi connectivity index (χ0) is 15.9. The van der Waals surface area contributed by atoms with Gasteiger partial charge in [0.25, 0.3) is 0 Å². The van der Waals surface area contributed by atoms with Gasteiger partial charge in [-0.1, -0.05) is 30.3 Å². The summed E-state index contributed by atoms with van der Waals surface area (Å²) in [6.07, 6.45) is 0. The summed E-state index contributed by atoms with van der Waals surface area (Å²) in [6, 6.07) is 14.5. The summed E-state index contributed by atoms with van der Waals surface area (Å²) in [7, 11) is 0. The fourth-order valence-corrected chi connectivity index (χ4v) is 1.93. The highest BCUT2D eigenvalue weighted by molar-refractivity contribution is 5.89. The summed E-state index contributed by atoms with van der Waals surface area (Å²) in [4.78, 5) is 11.9. The van der Waals surface area contributed by atoms with Crippen LogP contribution in [0.25, 0.3) is 0 Å². The molecule has 2 rings (SSSR count). The topological polar surface area (TPSA) is 50.4 Å². The average Bonchev–Trinajstić information content (AvgIpc) is 2.47. The van der Waals surface area contributed by atoms with Crippen molar-refractivity contribution in [1.29, 1.82) is 0 Å². The lowest BCUT2D eigenvalue weighted by Gasteiger charge is -2.16. The van der Waals surface area contributed by atoms with Gasteiger partial charge < -0.3 is 15.4 Å². The molecule has 0 heterocycles. The highest BCUT2D eigenvalue weighted by Crippen LogP contribution is 2.20. The molecule has 2 aromatic rings. The lowest BCUT2D eigenvalue weighted by molar-refractivity contribution is -0.0499. The van der Waals surface area contributed by atoms with Gasteiger partial charge in [0.15, 0.2) is 0 Å². The zero-order valence-electron chi connectivity index (χ0n) is 11.9. The molecular formula is C16H16F2N2O2. The van der Waals surface area contributed by atoms with Crippen LogP contribution in [-0.2, 0) is 0 Å². The normalized spacial score (nSPS) is 11.8. The minimum atomic E-state index is -2.88. The maximum atomic E-state index is 12.2. The Morgan fingerprint density at radius 1 is 1.09 bits per heavy atom. The molecule has 0 aliphatic heterocycles. The van der Waals surface area contributed by atoms with Crippen LogP contribution in [0.5, 0.6) is 5.75 Å². The Hall–Kier alpha value is -2.63. The van der Waals surface area contributed by atoms with Crippen LogP contribution in [0.3, 0.4) is 0 Å². The van der Waals surface area contributed by atoms with Gasteiger partial charge in [-0.2, -0.15) is 8.78 Å². The first-order chi connectivity index (χ1) is 10.5. The van der Waals surface area contributed by atoms with Crippen molar-refractivity contribution in [3.05, 3.63) is 60.2 Å². The van der Waals surface area contributed by atoms with Gasteiger partial charge in [-0.05, 0) is 36.8 Å². The molecule has 2 aromatic carbocycles. The Balaban J connectivity index is 1.96. The van der Waals surface area contributed by atoms with E-state index < -0.39 is 6.61 Å². The lowest BCUT2D eigenvalue weighted by atomic mass is 10.1. The van der Waals surface area contributed by atoms with Crippen LogP contribution in [0.4, 0.5) is 19.3 Å². The molecule has 6 heteroatoms. The van der Waals surface area contributed by atoms with E-state index in [0.29, 0.717) is 11.3 Å². The maximum absolute atomic E-state index is 12.2. The van der Waals surface area contributed by atoms with E-state index in [0.717, 1.165) is 0 Å². The number of nitrogens with one attached hydrogen (secondary N) is 2. The smallest absolute Gasteiger partial charge is 0.387 e. The van der Waals surface area contributed by atoms with Crippen molar-refractivity contribution in [2.45, 2.75) is 19.6 Å². The number of urea groups is 1. The van der Waals surface area contributed by atoms with Crippen LogP contribution in [0.1, 0.15) is 18.5 Å². The highest BCUT2D eigenvalue weighted by Gasteiger charge is 2.11. The van der Waals surface area contributed by atoms with Crippen molar-refractivity contribution in [2.75, 3.05) is 5.32 Å². The van der Waals surface area contributed by atoms with Gasteiger partial charge >= 0.3 is 12.6 Å². The number of alkyl halides is 2. The number of amides is 2. The monoisotopic (exact) mass is 306 g/mol. The number of anilines is 1. The quantitative estimate of drug-likeness (QED) is 0.871. The van der Waals surface area contributed by atoms with Gasteiger partial charge in [0.2, 0.25) is 0 Å². The summed E-state index contributed by atoms with van der Waals surface area (Å²) in [5.41, 5.74) is 1.34. The third-order valence-electron chi connectivity index (χ3n) is 2.96. The number of hydrogen-bond donors (Lipinski definition) is 2. The van der Waals surface area contributed by atoms with Crippen LogP contribution in [-0.4, -0.2) is 12.6 Å². The van der Waals surface area contributed by atoms with Gasteiger partial charge in [0.05, 0.1) is 6.04 Å². The molecular weight excluding hydrogens is 290 g/mol. The molecule has 2 N–H and O–H groups in total. The molecule has 0 aliphatic carbocycles. The number of para-hydroxylation sites is 1. The summed E-state index contributed by atoms with van der Waals surface area (Å²) in [5.74, 6) is 0.0598. The van der Waals surface area contributed by atoms with Gasteiger partial charge in [-0.15, -0.1) is 0 Å². The maximum Gasteiger partial charge on any atom is 0.387 e. The second-order valence-electron chi connectivity index (χ2n) is 4.64. The number of rotatable bonds is 5. The predicted molar refractivity (Wildman–Crippen MR) is 80.1 cm³/mol. The average molecular weight is 306 g/mol. The van der Waals surface area contributed by atoms with Crippen molar-refractivity contribution in [3.63, 3.8) is 0 Å². The van der Waals surface area contributed by atoms with Crippen LogP contribution >= 0.6 is 0 Å². The number of ether oxygens (including phenoxy) is 1. The molecule has 0 saturated carbocycles. The Kier molecular flexibility index (Phi) is 5.30. The largest absolute Gasteiger partial charge is 0.435 e. The third kappa shape index (κ3) is 4.73. The van der Waals surface area contributed by atoms with Crippen molar-refractivity contribution < 1.29 is 18.3 Å². The molecule has 0 fully saturated rings. The van der Waals surface area contributed by atoms with E-state index in [4.69, 9.17) is 0 Å². The molecule has 2 amide bonds. The van der Waals surface area contributed by atoms with Crippen molar-refractivity contribution in [1.82, 2.24) is 5.32 Å². The number of halogens is 2. The summed E-state index contributed by atoms with van der Waals surface area (Å²) in [5, 5.41) is 5.42. The first-order valence-corrected chi connectivity index (χ1v) is 6.72. The molecule has 22 heavy (non-hydrogen) atoms. The van der Waals surface area contributed by atoms with Crippen molar-refractivity contribution in [2.24, 2.45) is 0 Å². The number of carbonyl (C=O) groups is 1. The van der Waals surface area contributed by atoms with Gasteiger partial charge in [0.1, 0.15) is 5.75 Å². The number of benzene rings is 2. The molecule has 116 valence electrons. The van der Waals surface area contributed by atoms with Gasteiger partial charge in [-0.25, -0.2) is 4.79 Å². The number of carbonyl (C=O) groups excluding carboxylic acids is 1. The standard InChI is InChI=1S/C16H16F2N2O2/c1-11(12-6-5-9-14(10-12)22-15(17)18)19-16(21)20-13-7-3-2-4-8-13/h2-11,15H,1H3,(H2,19,20,21)/t11-/m1/s1.